The molecule has 0 aromatic carbocycles. The maximum absolute atomic E-state index is 9.83. The van der Waals surface area contributed by atoms with Gasteiger partial charge in [0, 0.05) is 81.5 Å². The van der Waals surface area contributed by atoms with Crippen LogP contribution in [0.15, 0.2) is 55.1 Å². The topological polar surface area (TPSA) is 104 Å². The van der Waals surface area contributed by atoms with Crippen LogP contribution >= 0.6 is 0 Å². The Kier molecular flexibility index (Phi) is 7.51. The van der Waals surface area contributed by atoms with Crippen molar-refractivity contribution < 1.29 is 14.2 Å². The third kappa shape index (κ3) is 5.34. The first kappa shape index (κ1) is 29.2. The second-order valence-electron chi connectivity index (χ2n) is 13.4. The van der Waals surface area contributed by atoms with E-state index in [-0.39, 0.29) is 0 Å². The molecule has 11 nitrogen and oxygen atoms in total. The van der Waals surface area contributed by atoms with E-state index < -0.39 is 0 Å². The van der Waals surface area contributed by atoms with Gasteiger partial charge in [-0.2, -0.15) is 10.4 Å². The number of fused-ring (bicyclic) bond motifs is 3. The number of nitrogens with zero attached hydrogens (tertiary/aromatic N) is 8. The summed E-state index contributed by atoms with van der Waals surface area (Å²) in [6.45, 7) is 6.53. The smallest absolute Gasteiger partial charge is 0.212 e. The molecule has 5 fully saturated rings. The van der Waals surface area contributed by atoms with E-state index >= 15 is 0 Å². The summed E-state index contributed by atoms with van der Waals surface area (Å²) in [5.74, 6) is 2.36. The molecule has 1 aliphatic carbocycles. The fraction of sp³-hybridized carbons (Fsp3) is 0.486. The number of rotatable bonds is 10. The average molecular weight is 621 g/mol. The normalized spacial score (nSPS) is 25.8. The number of hydrogen-bond acceptors (Lipinski definition) is 10. The van der Waals surface area contributed by atoms with Crippen molar-refractivity contribution in [2.45, 2.75) is 50.4 Å². The van der Waals surface area contributed by atoms with Gasteiger partial charge in [-0.25, -0.2) is 14.5 Å². The highest BCUT2D eigenvalue weighted by molar-refractivity contribution is 5.85. The number of nitriles is 1. The Morgan fingerprint density at radius 2 is 1.91 bits per heavy atom. The van der Waals surface area contributed by atoms with Crippen LogP contribution < -0.4 is 14.4 Å². The SMILES string of the molecule is COc1ccc(CN2C3CC2CN(c2ccc(-c4cc(OCCN5CCC6(CC(OC)C6)C5)cn5ncc(C#N)c45)cn2)C3)cn1. The summed E-state index contributed by atoms with van der Waals surface area (Å²) < 4.78 is 18.8. The van der Waals surface area contributed by atoms with E-state index in [9.17, 15) is 5.26 Å². The van der Waals surface area contributed by atoms with E-state index in [1.165, 1.54) is 31.2 Å². The third-order valence-electron chi connectivity index (χ3n) is 10.7. The molecule has 9 rings (SSSR count). The van der Waals surface area contributed by atoms with Crippen LogP contribution in [-0.4, -0.2) is 101 Å². The van der Waals surface area contributed by atoms with Crippen molar-refractivity contribution in [1.82, 2.24) is 29.4 Å². The lowest BCUT2D eigenvalue weighted by Crippen LogP contribution is -2.68. The molecule has 4 saturated heterocycles. The van der Waals surface area contributed by atoms with E-state index in [1.54, 1.807) is 17.8 Å². The minimum absolute atomic E-state index is 0.432. The molecule has 4 aromatic heterocycles. The first-order valence-corrected chi connectivity index (χ1v) is 16.3. The average Bonchev–Trinajstić information content (AvgIpc) is 3.71. The van der Waals surface area contributed by atoms with Gasteiger partial charge in [-0.3, -0.25) is 9.80 Å². The first-order chi connectivity index (χ1) is 22.5. The van der Waals surface area contributed by atoms with Crippen LogP contribution in [-0.2, 0) is 11.3 Å². The van der Waals surface area contributed by atoms with Crippen molar-refractivity contribution in [2.75, 3.05) is 58.5 Å². The Labute approximate surface area is 269 Å². The number of methoxy groups -OCH3 is 2. The number of pyridine rings is 3. The molecule has 5 aliphatic rings. The summed E-state index contributed by atoms with van der Waals surface area (Å²) in [4.78, 5) is 16.7. The zero-order valence-electron chi connectivity index (χ0n) is 26.5. The predicted molar refractivity (Wildman–Crippen MR) is 173 cm³/mol. The molecule has 238 valence electrons. The minimum atomic E-state index is 0.432. The largest absolute Gasteiger partial charge is 0.491 e. The Morgan fingerprint density at radius 1 is 1.04 bits per heavy atom. The van der Waals surface area contributed by atoms with Crippen molar-refractivity contribution in [3.8, 4) is 28.8 Å². The summed E-state index contributed by atoms with van der Waals surface area (Å²) in [7, 11) is 3.46. The van der Waals surface area contributed by atoms with Gasteiger partial charge in [-0.1, -0.05) is 6.07 Å². The van der Waals surface area contributed by atoms with Gasteiger partial charge < -0.3 is 19.1 Å². The van der Waals surface area contributed by atoms with Gasteiger partial charge in [0.25, 0.3) is 0 Å². The lowest BCUT2D eigenvalue weighted by molar-refractivity contribution is -0.0535. The number of aromatic nitrogens is 4. The van der Waals surface area contributed by atoms with E-state index in [1.807, 2.05) is 37.8 Å². The molecule has 11 heteroatoms. The molecular weight excluding hydrogens is 580 g/mol. The van der Waals surface area contributed by atoms with Gasteiger partial charge in [-0.15, -0.1) is 0 Å². The number of anilines is 1. The van der Waals surface area contributed by atoms with Gasteiger partial charge in [0.05, 0.1) is 36.7 Å². The monoisotopic (exact) mass is 620 g/mol. The van der Waals surface area contributed by atoms with Crippen molar-refractivity contribution in [1.29, 1.82) is 5.26 Å². The van der Waals surface area contributed by atoms with Crippen LogP contribution in [0.3, 0.4) is 0 Å². The van der Waals surface area contributed by atoms with Crippen molar-refractivity contribution >= 4 is 11.3 Å². The van der Waals surface area contributed by atoms with E-state index in [4.69, 9.17) is 19.2 Å². The van der Waals surface area contributed by atoms with Crippen molar-refractivity contribution in [3.05, 3.63) is 66.2 Å². The van der Waals surface area contributed by atoms with Crippen LogP contribution in [0.1, 0.15) is 36.8 Å². The van der Waals surface area contributed by atoms with Crippen LogP contribution in [0.2, 0.25) is 0 Å². The van der Waals surface area contributed by atoms with Gasteiger partial charge in [-0.05, 0) is 61.4 Å². The second-order valence-corrected chi connectivity index (χ2v) is 13.4. The molecule has 2 bridgehead atoms. The molecule has 0 amide bonds. The fourth-order valence-electron chi connectivity index (χ4n) is 8.10. The fourth-order valence-corrected chi connectivity index (χ4v) is 8.10. The Bertz CT molecular complexity index is 1730. The number of ether oxygens (including phenoxy) is 3. The van der Waals surface area contributed by atoms with Gasteiger partial charge >= 0.3 is 0 Å². The maximum atomic E-state index is 9.83. The minimum Gasteiger partial charge on any atom is -0.491 e. The molecule has 8 heterocycles. The van der Waals surface area contributed by atoms with E-state index in [2.05, 4.69) is 49.1 Å². The molecule has 1 spiro atoms. The molecule has 46 heavy (non-hydrogen) atoms. The van der Waals surface area contributed by atoms with Crippen molar-refractivity contribution in [2.24, 2.45) is 5.41 Å². The van der Waals surface area contributed by atoms with Gasteiger partial charge in [0.2, 0.25) is 5.88 Å². The number of likely N-dealkylation sites (tertiary alicyclic amines) is 1. The standard InChI is InChI=1S/C35H40N8O3/c1-44-30-13-35(14-30)7-8-40(23-35)9-10-46-29-12-31(34-26(15-36)18-39-43(34)22-29)25-4-5-32(37-17-25)41-20-27-11-28(21-41)42(27)19-24-3-6-33(45-2)38-16-24/h3-6,12,16-18,22,27-28,30H,7-11,13-14,19-21,23H2,1-2H3. The Hall–Kier alpha value is -4.24. The van der Waals surface area contributed by atoms with Gasteiger partial charge in [0.1, 0.15) is 24.2 Å². The molecule has 0 N–H and O–H groups in total. The van der Waals surface area contributed by atoms with Crippen LogP contribution in [0, 0.1) is 16.7 Å². The molecule has 4 aliphatic heterocycles. The lowest BCUT2D eigenvalue weighted by atomic mass is 9.66. The quantitative estimate of drug-likeness (QED) is 0.258. The number of hydrogen-bond donors (Lipinski definition) is 0. The summed E-state index contributed by atoms with van der Waals surface area (Å²) in [5, 5.41) is 14.3. The summed E-state index contributed by atoms with van der Waals surface area (Å²) in [6.07, 6.45) is 12.6. The van der Waals surface area contributed by atoms with Crippen LogP contribution in [0.5, 0.6) is 11.6 Å². The first-order valence-electron chi connectivity index (χ1n) is 16.3. The lowest BCUT2D eigenvalue weighted by Gasteiger charge is -2.56. The van der Waals surface area contributed by atoms with E-state index in [0.717, 1.165) is 67.5 Å². The third-order valence-corrected chi connectivity index (χ3v) is 10.7. The molecule has 0 radical (unpaired) electrons. The molecule has 4 aromatic rings. The predicted octanol–water partition coefficient (Wildman–Crippen LogP) is 4.01. The Balaban J connectivity index is 0.931. The van der Waals surface area contributed by atoms with Crippen LogP contribution in [0.4, 0.5) is 5.82 Å². The number of piperazine rings is 1. The highest BCUT2D eigenvalue weighted by Gasteiger charge is 2.48. The zero-order valence-corrected chi connectivity index (χ0v) is 26.5. The Morgan fingerprint density at radius 3 is 2.63 bits per heavy atom. The highest BCUT2D eigenvalue weighted by atomic mass is 16.5. The summed E-state index contributed by atoms with van der Waals surface area (Å²) >= 11 is 0. The molecular formula is C35H40N8O3. The summed E-state index contributed by atoms with van der Waals surface area (Å²) in [6, 6.07) is 13.6. The van der Waals surface area contributed by atoms with Crippen molar-refractivity contribution in [3.63, 3.8) is 0 Å². The zero-order chi connectivity index (χ0) is 31.3. The van der Waals surface area contributed by atoms with E-state index in [0.29, 0.717) is 41.7 Å². The molecule has 2 atom stereocenters. The second kappa shape index (κ2) is 11.8. The highest BCUT2D eigenvalue weighted by Crippen LogP contribution is 2.49. The number of piperidine rings is 1. The van der Waals surface area contributed by atoms with Gasteiger partial charge in [0.15, 0.2) is 0 Å². The maximum Gasteiger partial charge on any atom is 0.212 e. The summed E-state index contributed by atoms with van der Waals surface area (Å²) in [5.41, 5.74) is 4.78. The molecule has 1 saturated carbocycles. The van der Waals surface area contributed by atoms with Crippen LogP contribution in [0.25, 0.3) is 16.6 Å². The molecule has 2 unspecified atom stereocenters.